The lowest BCUT2D eigenvalue weighted by Crippen LogP contribution is -2.33. The SMILES string of the molecule is CNC(=O)NCCCSc1nc(N)nc(-c2c(Cl)cc3c4c(cccc24)COC3)n1. The Kier molecular flexibility index (Phi) is 6.21. The number of urea groups is 1. The van der Waals surface area contributed by atoms with Gasteiger partial charge in [-0.15, -0.1) is 0 Å². The third-order valence-electron chi connectivity index (χ3n) is 4.72. The van der Waals surface area contributed by atoms with Crippen molar-refractivity contribution in [3.8, 4) is 11.4 Å². The van der Waals surface area contributed by atoms with Crippen molar-refractivity contribution in [2.24, 2.45) is 0 Å². The third kappa shape index (κ3) is 4.28. The molecule has 0 bridgehead atoms. The number of hydrogen-bond donors (Lipinski definition) is 3. The Labute approximate surface area is 183 Å². The molecule has 8 nitrogen and oxygen atoms in total. The Morgan fingerprint density at radius 2 is 2.10 bits per heavy atom. The number of anilines is 1. The van der Waals surface area contributed by atoms with Gasteiger partial charge in [0.25, 0.3) is 0 Å². The number of rotatable bonds is 6. The number of nitrogen functional groups attached to an aromatic ring is 1. The van der Waals surface area contributed by atoms with Crippen molar-refractivity contribution in [3.05, 3.63) is 40.4 Å². The number of nitrogens with two attached hydrogens (primary N) is 1. The van der Waals surface area contributed by atoms with Crippen LogP contribution < -0.4 is 16.4 Å². The number of nitrogens with zero attached hydrogens (tertiary/aromatic N) is 3. The van der Waals surface area contributed by atoms with Gasteiger partial charge in [0.05, 0.1) is 18.2 Å². The summed E-state index contributed by atoms with van der Waals surface area (Å²) in [5.74, 6) is 1.32. The fourth-order valence-electron chi connectivity index (χ4n) is 3.42. The Hall–Kier alpha value is -2.62. The molecule has 0 fully saturated rings. The molecule has 30 heavy (non-hydrogen) atoms. The van der Waals surface area contributed by atoms with Crippen LogP contribution in [-0.2, 0) is 18.0 Å². The van der Waals surface area contributed by atoms with Crippen LogP contribution in [0, 0.1) is 0 Å². The molecular weight excluding hydrogens is 424 g/mol. The van der Waals surface area contributed by atoms with E-state index in [2.05, 4.69) is 31.7 Å². The van der Waals surface area contributed by atoms with E-state index >= 15 is 0 Å². The van der Waals surface area contributed by atoms with Crippen molar-refractivity contribution < 1.29 is 9.53 Å². The van der Waals surface area contributed by atoms with E-state index in [-0.39, 0.29) is 12.0 Å². The molecule has 0 radical (unpaired) electrons. The zero-order valence-corrected chi connectivity index (χ0v) is 17.9. The molecule has 4 N–H and O–H groups in total. The predicted molar refractivity (Wildman–Crippen MR) is 118 cm³/mol. The van der Waals surface area contributed by atoms with Crippen molar-refractivity contribution in [1.29, 1.82) is 0 Å². The van der Waals surface area contributed by atoms with Crippen molar-refractivity contribution >= 4 is 46.1 Å². The fraction of sp³-hybridized carbons (Fsp3) is 0.300. The van der Waals surface area contributed by atoms with E-state index in [0.717, 1.165) is 39.6 Å². The van der Waals surface area contributed by atoms with Crippen LogP contribution in [0.2, 0.25) is 5.02 Å². The van der Waals surface area contributed by atoms with Crippen LogP contribution in [0.5, 0.6) is 0 Å². The number of carbonyl (C=O) groups is 1. The lowest BCUT2D eigenvalue weighted by Gasteiger charge is -2.20. The Balaban J connectivity index is 1.62. The molecule has 156 valence electrons. The molecule has 1 aromatic heterocycles. The number of carbonyl (C=O) groups excluding carboxylic acids is 1. The quantitative estimate of drug-likeness (QED) is 0.394. The Morgan fingerprint density at radius 3 is 2.93 bits per heavy atom. The molecule has 1 aliphatic heterocycles. The van der Waals surface area contributed by atoms with E-state index in [0.29, 0.717) is 35.8 Å². The number of amides is 2. The lowest BCUT2D eigenvalue weighted by atomic mass is 9.94. The van der Waals surface area contributed by atoms with E-state index in [1.54, 1.807) is 7.05 Å². The van der Waals surface area contributed by atoms with Crippen LogP contribution in [0.1, 0.15) is 17.5 Å². The second-order valence-electron chi connectivity index (χ2n) is 6.73. The van der Waals surface area contributed by atoms with Crippen LogP contribution in [0.3, 0.4) is 0 Å². The average molecular weight is 445 g/mol. The van der Waals surface area contributed by atoms with Crippen LogP contribution in [0.4, 0.5) is 10.7 Å². The maximum Gasteiger partial charge on any atom is 0.314 e. The molecule has 4 rings (SSSR count). The molecule has 3 aromatic rings. The first kappa shape index (κ1) is 20.6. The standard InChI is InChI=1S/C20H21ClN6O2S/c1-23-19(28)24-6-3-7-30-20-26-17(25-18(22)27-20)16-13-5-2-4-11-9-29-10-12(15(11)13)8-14(16)21/h2,4-5,8H,3,6-7,9-10H2,1H3,(H2,23,24,28)(H2,22,25,26,27). The number of aromatic nitrogens is 3. The zero-order valence-electron chi connectivity index (χ0n) is 16.4. The first-order valence-corrected chi connectivity index (χ1v) is 10.8. The van der Waals surface area contributed by atoms with Crippen molar-refractivity contribution in [2.45, 2.75) is 24.8 Å². The topological polar surface area (TPSA) is 115 Å². The molecule has 0 atom stereocenters. The number of halogens is 1. The molecule has 0 spiro atoms. The van der Waals surface area contributed by atoms with E-state index in [1.165, 1.54) is 11.8 Å². The largest absolute Gasteiger partial charge is 0.372 e. The summed E-state index contributed by atoms with van der Waals surface area (Å²) in [4.78, 5) is 24.4. The summed E-state index contributed by atoms with van der Waals surface area (Å²) >= 11 is 8.10. The normalized spacial score (nSPS) is 12.7. The van der Waals surface area contributed by atoms with Gasteiger partial charge in [0.2, 0.25) is 5.95 Å². The highest BCUT2D eigenvalue weighted by atomic mass is 35.5. The maximum absolute atomic E-state index is 11.2. The van der Waals surface area contributed by atoms with Crippen molar-refractivity contribution in [3.63, 3.8) is 0 Å². The highest BCUT2D eigenvalue weighted by Crippen LogP contribution is 2.39. The smallest absolute Gasteiger partial charge is 0.314 e. The summed E-state index contributed by atoms with van der Waals surface area (Å²) < 4.78 is 5.66. The van der Waals surface area contributed by atoms with Gasteiger partial charge in [0.15, 0.2) is 11.0 Å². The summed E-state index contributed by atoms with van der Waals surface area (Å²) in [6.07, 6.45) is 0.765. The zero-order chi connectivity index (χ0) is 21.1. The van der Waals surface area contributed by atoms with Gasteiger partial charge in [-0.25, -0.2) is 9.78 Å². The predicted octanol–water partition coefficient (Wildman–Crippen LogP) is 3.37. The molecule has 2 aromatic carbocycles. The Bertz CT molecular complexity index is 1110. The molecular formula is C20H21ClN6O2S. The summed E-state index contributed by atoms with van der Waals surface area (Å²) in [7, 11) is 1.58. The molecule has 2 heterocycles. The number of hydrogen-bond acceptors (Lipinski definition) is 7. The second kappa shape index (κ2) is 9.03. The summed E-state index contributed by atoms with van der Waals surface area (Å²) in [6, 6.07) is 7.77. The number of thioether (sulfide) groups is 1. The minimum atomic E-state index is -0.199. The van der Waals surface area contributed by atoms with Crippen molar-refractivity contribution in [1.82, 2.24) is 25.6 Å². The minimum Gasteiger partial charge on any atom is -0.372 e. The second-order valence-corrected chi connectivity index (χ2v) is 8.20. The molecule has 0 saturated heterocycles. The molecule has 2 amide bonds. The molecule has 0 aliphatic carbocycles. The van der Waals surface area contributed by atoms with Gasteiger partial charge < -0.3 is 21.1 Å². The molecule has 0 saturated carbocycles. The summed E-state index contributed by atoms with van der Waals surface area (Å²) in [5, 5.41) is 8.46. The molecule has 0 unspecified atom stereocenters. The lowest BCUT2D eigenvalue weighted by molar-refractivity contribution is 0.103. The van der Waals surface area contributed by atoms with Gasteiger partial charge in [-0.1, -0.05) is 41.6 Å². The summed E-state index contributed by atoms with van der Waals surface area (Å²) in [5.41, 5.74) is 8.89. The van der Waals surface area contributed by atoms with Crippen LogP contribution in [0.25, 0.3) is 22.2 Å². The highest BCUT2D eigenvalue weighted by molar-refractivity contribution is 7.99. The van der Waals surface area contributed by atoms with Gasteiger partial charge >= 0.3 is 6.03 Å². The highest BCUT2D eigenvalue weighted by Gasteiger charge is 2.20. The van der Waals surface area contributed by atoms with Gasteiger partial charge in [-0.3, -0.25) is 0 Å². The van der Waals surface area contributed by atoms with E-state index in [4.69, 9.17) is 22.1 Å². The molecule has 10 heteroatoms. The number of benzene rings is 2. The van der Waals surface area contributed by atoms with Gasteiger partial charge in [0.1, 0.15) is 0 Å². The van der Waals surface area contributed by atoms with E-state index in [9.17, 15) is 4.79 Å². The maximum atomic E-state index is 11.2. The van der Waals surface area contributed by atoms with Gasteiger partial charge in [-0.2, -0.15) is 9.97 Å². The third-order valence-corrected chi connectivity index (χ3v) is 5.95. The van der Waals surface area contributed by atoms with Crippen LogP contribution in [0.15, 0.2) is 29.4 Å². The van der Waals surface area contributed by atoms with Crippen LogP contribution >= 0.6 is 23.4 Å². The molecule has 1 aliphatic rings. The number of ether oxygens (including phenoxy) is 1. The Morgan fingerprint density at radius 1 is 1.27 bits per heavy atom. The van der Waals surface area contributed by atoms with Gasteiger partial charge in [0, 0.05) is 24.9 Å². The van der Waals surface area contributed by atoms with E-state index < -0.39 is 0 Å². The summed E-state index contributed by atoms with van der Waals surface area (Å²) in [6.45, 7) is 1.65. The van der Waals surface area contributed by atoms with E-state index in [1.807, 2.05) is 18.2 Å². The van der Waals surface area contributed by atoms with Crippen molar-refractivity contribution in [2.75, 3.05) is 25.1 Å². The number of nitrogens with one attached hydrogen (secondary N) is 2. The van der Waals surface area contributed by atoms with Crippen LogP contribution in [-0.4, -0.2) is 40.3 Å². The average Bonchev–Trinajstić information content (AvgIpc) is 2.73. The fourth-order valence-corrected chi connectivity index (χ4v) is 4.52. The first-order chi connectivity index (χ1) is 14.6. The van der Waals surface area contributed by atoms with Gasteiger partial charge in [-0.05, 0) is 34.4 Å². The monoisotopic (exact) mass is 444 g/mol. The first-order valence-electron chi connectivity index (χ1n) is 9.48. The minimum absolute atomic E-state index is 0.144.